The smallest absolute Gasteiger partial charge is 0.223 e. The van der Waals surface area contributed by atoms with E-state index in [1.807, 2.05) is 7.05 Å². The summed E-state index contributed by atoms with van der Waals surface area (Å²) in [5.74, 6) is 1.21. The van der Waals surface area contributed by atoms with Gasteiger partial charge in [-0.3, -0.25) is 9.69 Å². The predicted octanol–water partition coefficient (Wildman–Crippen LogP) is 3.95. The van der Waals surface area contributed by atoms with E-state index in [9.17, 15) is 4.79 Å². The van der Waals surface area contributed by atoms with Gasteiger partial charge in [-0.2, -0.15) is 4.37 Å². The number of hydrogen-bond acceptors (Lipinski definition) is 5. The standard InChI is InChI=1S/C23H28N4OS/c1-17-16-19(8-9-21(17)25(3)18(2)28)10-11-26-12-14-27(15-13-26)23-20-6-4-5-7-22(20)29-24-23/h4-9,16H,10-15H2,1-3H3. The molecule has 0 unspecified atom stereocenters. The number of carbonyl (C=O) groups is 1. The van der Waals surface area contributed by atoms with Crippen LogP contribution >= 0.6 is 11.5 Å². The molecule has 6 heteroatoms. The van der Waals surface area contributed by atoms with E-state index >= 15 is 0 Å². The van der Waals surface area contributed by atoms with Crippen LogP contribution in [0.1, 0.15) is 18.1 Å². The van der Waals surface area contributed by atoms with Gasteiger partial charge in [-0.15, -0.1) is 0 Å². The molecule has 152 valence electrons. The summed E-state index contributed by atoms with van der Waals surface area (Å²) >= 11 is 1.59. The van der Waals surface area contributed by atoms with Crippen LogP contribution in [-0.4, -0.2) is 55.0 Å². The number of anilines is 2. The maximum atomic E-state index is 11.6. The minimum absolute atomic E-state index is 0.0617. The number of amides is 1. The average Bonchev–Trinajstić information content (AvgIpc) is 3.16. The summed E-state index contributed by atoms with van der Waals surface area (Å²) in [6, 6.07) is 14.9. The summed E-state index contributed by atoms with van der Waals surface area (Å²) in [5.41, 5.74) is 3.47. The summed E-state index contributed by atoms with van der Waals surface area (Å²) in [6.45, 7) is 8.92. The fourth-order valence-corrected chi connectivity index (χ4v) is 4.79. The Balaban J connectivity index is 1.32. The van der Waals surface area contributed by atoms with Gasteiger partial charge in [-0.25, -0.2) is 0 Å². The van der Waals surface area contributed by atoms with E-state index in [2.05, 4.69) is 59.2 Å². The summed E-state index contributed by atoms with van der Waals surface area (Å²) in [6.07, 6.45) is 1.03. The molecule has 1 aromatic heterocycles. The van der Waals surface area contributed by atoms with Crippen molar-refractivity contribution < 1.29 is 4.79 Å². The van der Waals surface area contributed by atoms with Gasteiger partial charge in [0.25, 0.3) is 0 Å². The van der Waals surface area contributed by atoms with E-state index in [-0.39, 0.29) is 5.91 Å². The Morgan fingerprint density at radius 3 is 2.62 bits per heavy atom. The Morgan fingerprint density at radius 2 is 1.90 bits per heavy atom. The summed E-state index contributed by atoms with van der Waals surface area (Å²) in [4.78, 5) is 18.3. The first-order chi connectivity index (χ1) is 14.0. The van der Waals surface area contributed by atoms with Gasteiger partial charge in [0.05, 0.1) is 4.70 Å². The molecular weight excluding hydrogens is 380 g/mol. The molecule has 1 fully saturated rings. The lowest BCUT2D eigenvalue weighted by atomic mass is 10.1. The minimum atomic E-state index is 0.0617. The van der Waals surface area contributed by atoms with Gasteiger partial charge in [-0.05, 0) is 54.2 Å². The lowest BCUT2D eigenvalue weighted by molar-refractivity contribution is -0.116. The largest absolute Gasteiger partial charge is 0.353 e. The van der Waals surface area contributed by atoms with Crippen LogP contribution in [0.15, 0.2) is 42.5 Å². The van der Waals surface area contributed by atoms with Crippen LogP contribution in [-0.2, 0) is 11.2 Å². The second-order valence-corrected chi connectivity index (χ2v) is 8.58. The molecule has 1 aliphatic heterocycles. The molecule has 2 heterocycles. The Kier molecular flexibility index (Phi) is 5.83. The highest BCUT2D eigenvalue weighted by molar-refractivity contribution is 7.13. The highest BCUT2D eigenvalue weighted by atomic mass is 32.1. The zero-order valence-electron chi connectivity index (χ0n) is 17.4. The van der Waals surface area contributed by atoms with Crippen LogP contribution < -0.4 is 9.80 Å². The second kappa shape index (κ2) is 8.51. The molecule has 2 aromatic carbocycles. The maximum Gasteiger partial charge on any atom is 0.223 e. The van der Waals surface area contributed by atoms with Crippen LogP contribution in [0.25, 0.3) is 10.1 Å². The number of nitrogens with zero attached hydrogens (tertiary/aromatic N) is 4. The Labute approximate surface area is 176 Å². The van der Waals surface area contributed by atoms with E-state index in [1.54, 1.807) is 23.4 Å². The van der Waals surface area contributed by atoms with Gasteiger partial charge < -0.3 is 9.80 Å². The molecule has 1 amide bonds. The lowest BCUT2D eigenvalue weighted by Gasteiger charge is -2.35. The topological polar surface area (TPSA) is 39.7 Å². The van der Waals surface area contributed by atoms with E-state index in [1.165, 1.54) is 15.6 Å². The predicted molar refractivity (Wildman–Crippen MR) is 122 cm³/mol. The van der Waals surface area contributed by atoms with Crippen LogP contribution in [0, 0.1) is 6.92 Å². The van der Waals surface area contributed by atoms with E-state index in [0.29, 0.717) is 0 Å². The molecule has 4 rings (SSSR count). The maximum absolute atomic E-state index is 11.6. The molecule has 0 spiro atoms. The quantitative estimate of drug-likeness (QED) is 0.641. The van der Waals surface area contributed by atoms with Gasteiger partial charge in [-0.1, -0.05) is 24.3 Å². The highest BCUT2D eigenvalue weighted by Gasteiger charge is 2.20. The van der Waals surface area contributed by atoms with Crippen molar-refractivity contribution >= 4 is 39.0 Å². The third-order valence-corrected chi connectivity index (χ3v) is 6.66. The third-order valence-electron chi connectivity index (χ3n) is 5.84. The normalized spacial score (nSPS) is 15.1. The van der Waals surface area contributed by atoms with Crippen molar-refractivity contribution in [2.45, 2.75) is 20.3 Å². The Hall–Kier alpha value is -2.44. The molecule has 29 heavy (non-hydrogen) atoms. The van der Waals surface area contributed by atoms with Gasteiger partial charge >= 0.3 is 0 Å². The number of aromatic nitrogens is 1. The zero-order chi connectivity index (χ0) is 20.4. The SMILES string of the molecule is CC(=O)N(C)c1ccc(CCN2CCN(c3nsc4ccccc34)CC2)cc1C. The average molecular weight is 409 g/mol. The first-order valence-electron chi connectivity index (χ1n) is 10.2. The number of rotatable bonds is 5. The molecule has 5 nitrogen and oxygen atoms in total. The molecule has 3 aromatic rings. The van der Waals surface area contributed by atoms with Crippen molar-refractivity contribution in [1.82, 2.24) is 9.27 Å². The zero-order valence-corrected chi connectivity index (χ0v) is 18.2. The van der Waals surface area contributed by atoms with E-state index in [0.717, 1.165) is 56.2 Å². The van der Waals surface area contributed by atoms with Crippen LogP contribution in [0.4, 0.5) is 11.5 Å². The summed E-state index contributed by atoms with van der Waals surface area (Å²) < 4.78 is 5.97. The molecule has 1 aliphatic rings. The molecule has 0 aliphatic carbocycles. The number of hydrogen-bond donors (Lipinski definition) is 0. The molecule has 0 radical (unpaired) electrons. The van der Waals surface area contributed by atoms with Crippen molar-refractivity contribution in [1.29, 1.82) is 0 Å². The first kappa shape index (κ1) is 19.9. The molecule has 0 bridgehead atoms. The Bertz CT molecular complexity index is 1010. The first-order valence-corrected chi connectivity index (χ1v) is 11.0. The van der Waals surface area contributed by atoms with Crippen molar-refractivity contribution in [2.75, 3.05) is 49.6 Å². The van der Waals surface area contributed by atoms with Gasteiger partial charge in [0.1, 0.15) is 5.82 Å². The number of fused-ring (bicyclic) bond motifs is 1. The van der Waals surface area contributed by atoms with Crippen LogP contribution in [0.2, 0.25) is 0 Å². The molecule has 1 saturated heterocycles. The minimum Gasteiger partial charge on any atom is -0.353 e. The molecule has 0 atom stereocenters. The number of piperazine rings is 1. The molecule has 0 N–H and O–H groups in total. The summed E-state index contributed by atoms with van der Waals surface area (Å²) in [5, 5.41) is 1.28. The van der Waals surface area contributed by atoms with E-state index < -0.39 is 0 Å². The molecular formula is C23H28N4OS. The monoisotopic (exact) mass is 408 g/mol. The fourth-order valence-electron chi connectivity index (χ4n) is 3.99. The number of carbonyl (C=O) groups excluding carboxylic acids is 1. The van der Waals surface area contributed by atoms with Gasteiger partial charge in [0.15, 0.2) is 0 Å². The summed E-state index contributed by atoms with van der Waals surface area (Å²) in [7, 11) is 1.83. The Morgan fingerprint density at radius 1 is 1.14 bits per heavy atom. The van der Waals surface area contributed by atoms with Gasteiger partial charge in [0.2, 0.25) is 5.91 Å². The highest BCUT2D eigenvalue weighted by Crippen LogP contribution is 2.29. The van der Waals surface area contributed by atoms with Crippen molar-refractivity contribution in [3.05, 3.63) is 53.6 Å². The van der Waals surface area contributed by atoms with E-state index in [4.69, 9.17) is 4.37 Å². The fraction of sp³-hybridized carbons (Fsp3) is 0.391. The third kappa shape index (κ3) is 4.28. The van der Waals surface area contributed by atoms with Crippen molar-refractivity contribution in [3.8, 4) is 0 Å². The molecule has 0 saturated carbocycles. The van der Waals surface area contributed by atoms with Crippen molar-refractivity contribution in [3.63, 3.8) is 0 Å². The van der Waals surface area contributed by atoms with Crippen molar-refractivity contribution in [2.24, 2.45) is 0 Å². The van der Waals surface area contributed by atoms with Crippen LogP contribution in [0.3, 0.4) is 0 Å². The second-order valence-electron chi connectivity index (χ2n) is 7.78. The van der Waals surface area contributed by atoms with Gasteiger partial charge in [0, 0.05) is 57.8 Å². The lowest BCUT2D eigenvalue weighted by Crippen LogP contribution is -2.47. The number of benzene rings is 2. The number of aryl methyl sites for hydroxylation is 1. The van der Waals surface area contributed by atoms with Crippen LogP contribution in [0.5, 0.6) is 0 Å².